The van der Waals surface area contributed by atoms with Crippen molar-refractivity contribution >= 4 is 49.0 Å². The maximum absolute atomic E-state index is 14.9. The van der Waals surface area contributed by atoms with Gasteiger partial charge >= 0.3 is 6.97 Å². The van der Waals surface area contributed by atoms with Gasteiger partial charge in [0.25, 0.3) is 0 Å². The molecule has 2 aliphatic heterocycles. The summed E-state index contributed by atoms with van der Waals surface area (Å²) >= 11 is 6.42. The minimum atomic E-state index is -4.00. The van der Waals surface area contributed by atoms with E-state index < -0.39 is 6.97 Å². The molecule has 22 heavy (non-hydrogen) atoms. The van der Waals surface area contributed by atoms with Crippen LogP contribution in [0.1, 0.15) is 11.5 Å². The van der Waals surface area contributed by atoms with E-state index in [0.29, 0.717) is 32.0 Å². The van der Waals surface area contributed by atoms with Crippen molar-refractivity contribution in [3.05, 3.63) is 64.6 Å². The van der Waals surface area contributed by atoms with Crippen LogP contribution in [0.3, 0.4) is 0 Å². The molecule has 9 heteroatoms. The van der Waals surface area contributed by atoms with Gasteiger partial charge in [-0.3, -0.25) is 0 Å². The monoisotopic (exact) mass is 426 g/mol. The lowest BCUT2D eigenvalue weighted by molar-refractivity contribution is -0.358. The first kappa shape index (κ1) is 14.0. The Morgan fingerprint density at radius 2 is 1.82 bits per heavy atom. The van der Waals surface area contributed by atoms with Crippen LogP contribution in [0.25, 0.3) is 5.57 Å². The van der Waals surface area contributed by atoms with E-state index in [2.05, 4.69) is 41.8 Å². The first-order chi connectivity index (χ1) is 10.5. The average Bonchev–Trinajstić information content (AvgIpc) is 3.06. The minimum Gasteiger partial charge on any atom is -0.389 e. The van der Waals surface area contributed by atoms with Gasteiger partial charge in [0.15, 0.2) is 11.5 Å². The number of aromatic nitrogens is 3. The van der Waals surface area contributed by atoms with Gasteiger partial charge in [0.05, 0.1) is 4.60 Å². The Morgan fingerprint density at radius 3 is 2.55 bits per heavy atom. The molecule has 2 aromatic heterocycles. The second kappa shape index (κ2) is 4.69. The quantitative estimate of drug-likeness (QED) is 0.654. The highest BCUT2D eigenvalue weighted by Gasteiger charge is 2.54. The third kappa shape index (κ3) is 1.75. The normalized spacial score (nSPS) is 18.7. The van der Waals surface area contributed by atoms with Gasteiger partial charge in [-0.25, -0.2) is 9.97 Å². The molecule has 0 spiro atoms. The summed E-state index contributed by atoms with van der Waals surface area (Å²) in [4.78, 5) is 8.45. The lowest BCUT2D eigenvalue weighted by Crippen LogP contribution is -2.50. The fourth-order valence-electron chi connectivity index (χ4n) is 2.79. The van der Waals surface area contributed by atoms with Crippen LogP contribution < -0.4 is 0 Å². The third-order valence-corrected chi connectivity index (χ3v) is 4.95. The molecule has 0 saturated carbocycles. The first-order valence-corrected chi connectivity index (χ1v) is 8.01. The van der Waals surface area contributed by atoms with Crippen molar-refractivity contribution in [2.24, 2.45) is 0 Å². The molecule has 0 N–H and O–H groups in total. The third-order valence-electron chi connectivity index (χ3n) is 3.66. The van der Waals surface area contributed by atoms with Gasteiger partial charge in [-0.15, -0.1) is 0 Å². The summed E-state index contributed by atoms with van der Waals surface area (Å²) in [5.41, 5.74) is 1.35. The molecule has 0 radical (unpaired) electrons. The Morgan fingerprint density at radius 1 is 1.09 bits per heavy atom. The molecule has 0 aliphatic carbocycles. The minimum absolute atomic E-state index is 0.312. The molecule has 0 atom stereocenters. The maximum Gasteiger partial charge on any atom is 0.738 e. The van der Waals surface area contributed by atoms with Gasteiger partial charge in [0.1, 0.15) is 5.57 Å². The molecule has 2 aromatic rings. The van der Waals surface area contributed by atoms with Crippen molar-refractivity contribution in [1.29, 1.82) is 0 Å². The lowest BCUT2D eigenvalue weighted by Gasteiger charge is -2.31. The van der Waals surface area contributed by atoms with Crippen molar-refractivity contribution < 1.29 is 13.1 Å². The number of rotatable bonds is 1. The van der Waals surface area contributed by atoms with E-state index in [-0.39, 0.29) is 0 Å². The second-order valence-electron chi connectivity index (χ2n) is 4.86. The van der Waals surface area contributed by atoms with Crippen LogP contribution >= 0.6 is 31.9 Å². The van der Waals surface area contributed by atoms with Crippen molar-refractivity contribution in [3.8, 4) is 0 Å². The van der Waals surface area contributed by atoms with Crippen LogP contribution in [0, 0.1) is 0 Å². The van der Waals surface area contributed by atoms with Crippen LogP contribution in [0.15, 0.2) is 53.0 Å². The Kier molecular flexibility index (Phi) is 2.99. The van der Waals surface area contributed by atoms with Gasteiger partial charge in [-0.2, -0.15) is 0 Å². The number of nitrogens with zero attached hydrogens (tertiary/aromatic N) is 4. The molecule has 4 rings (SSSR count). The molecule has 0 fully saturated rings. The molecular weight excluding hydrogens is 421 g/mol. The molecule has 2 aliphatic rings. The van der Waals surface area contributed by atoms with Gasteiger partial charge < -0.3 is 17.6 Å². The van der Waals surface area contributed by atoms with E-state index in [1.807, 2.05) is 0 Å². The molecule has 4 nitrogen and oxygen atoms in total. The van der Waals surface area contributed by atoms with Crippen molar-refractivity contribution in [2.75, 3.05) is 0 Å². The molecule has 0 bridgehead atoms. The summed E-state index contributed by atoms with van der Waals surface area (Å²) in [5.74, 6) is 0.410. The second-order valence-corrected chi connectivity index (χ2v) is 6.48. The summed E-state index contributed by atoms with van der Waals surface area (Å²) < 4.78 is 32.5. The number of hydrogen-bond acceptors (Lipinski definition) is 2. The van der Waals surface area contributed by atoms with Gasteiger partial charge in [0.2, 0.25) is 4.62 Å². The highest BCUT2D eigenvalue weighted by Crippen LogP contribution is 2.40. The SMILES string of the molecule is F[B-]1(F)n2c(Br)ccc2C(c2ncccn2)=C2C=CC(Br)=[N+]21. The number of fused-ring (bicyclic) bond motifs is 2. The Bertz CT molecular complexity index is 887. The van der Waals surface area contributed by atoms with Crippen molar-refractivity contribution in [2.45, 2.75) is 0 Å². The molecule has 110 valence electrons. The number of hydrogen-bond donors (Lipinski definition) is 0. The highest BCUT2D eigenvalue weighted by molar-refractivity contribution is 9.18. The molecule has 0 saturated heterocycles. The topological polar surface area (TPSA) is 33.7 Å². The van der Waals surface area contributed by atoms with Crippen molar-refractivity contribution in [3.63, 3.8) is 0 Å². The standard InChI is InChI=1S/C13H7BBr2F2N4/c15-10-4-2-8-12(13-19-6-1-7-20-13)9-3-5-11(16)22(9)14(17,18)21(8)10/h1-7H. The lowest BCUT2D eigenvalue weighted by atomic mass is 9.88. The van der Waals surface area contributed by atoms with Crippen LogP contribution in [0.2, 0.25) is 0 Å². The Labute approximate surface area is 141 Å². The predicted octanol–water partition coefficient (Wildman–Crippen LogP) is 3.41. The van der Waals surface area contributed by atoms with E-state index in [1.54, 1.807) is 42.7 Å². The zero-order valence-electron chi connectivity index (χ0n) is 10.9. The summed E-state index contributed by atoms with van der Waals surface area (Å²) in [6.45, 7) is -4.00. The predicted molar refractivity (Wildman–Crippen MR) is 86.9 cm³/mol. The van der Waals surface area contributed by atoms with Crippen LogP contribution in [0.4, 0.5) is 8.63 Å². The molecule has 0 unspecified atom stereocenters. The smallest absolute Gasteiger partial charge is 0.389 e. The average molecular weight is 428 g/mol. The Balaban J connectivity index is 2.13. The largest absolute Gasteiger partial charge is 0.738 e. The summed E-state index contributed by atoms with van der Waals surface area (Å²) in [7, 11) is 0. The van der Waals surface area contributed by atoms with Crippen LogP contribution in [-0.2, 0) is 0 Å². The van der Waals surface area contributed by atoms with E-state index in [0.717, 1.165) is 8.96 Å². The summed E-state index contributed by atoms with van der Waals surface area (Å²) in [5, 5.41) is 0. The molecule has 4 heterocycles. The Hall–Kier alpha value is -1.61. The van der Waals surface area contributed by atoms with E-state index in [4.69, 9.17) is 0 Å². The summed E-state index contributed by atoms with van der Waals surface area (Å²) in [6.07, 6.45) is 6.44. The summed E-state index contributed by atoms with van der Waals surface area (Å²) in [6, 6.07) is 4.94. The van der Waals surface area contributed by atoms with Crippen LogP contribution in [-0.4, -0.2) is 30.5 Å². The van der Waals surface area contributed by atoms with E-state index in [9.17, 15) is 8.63 Å². The molecule has 0 aromatic carbocycles. The fraction of sp³-hybridized carbons (Fsp3) is 0. The molecule has 0 amide bonds. The first-order valence-electron chi connectivity index (χ1n) is 6.43. The van der Waals surface area contributed by atoms with Gasteiger partial charge in [-0.1, -0.05) is 0 Å². The van der Waals surface area contributed by atoms with Gasteiger partial charge in [0, 0.05) is 46.2 Å². The van der Waals surface area contributed by atoms with Crippen molar-refractivity contribution in [1.82, 2.24) is 14.4 Å². The number of halogens is 4. The number of allylic oxidation sites excluding steroid dienone is 2. The highest BCUT2D eigenvalue weighted by atomic mass is 79.9. The maximum atomic E-state index is 14.9. The van der Waals surface area contributed by atoms with Crippen LogP contribution in [0.5, 0.6) is 0 Å². The van der Waals surface area contributed by atoms with Gasteiger partial charge in [-0.05, 0) is 34.1 Å². The zero-order valence-corrected chi connectivity index (χ0v) is 14.1. The molecular formula is C13H7BBr2F2N4. The zero-order chi connectivity index (χ0) is 15.5. The fourth-order valence-corrected chi connectivity index (χ4v) is 3.93. The van der Waals surface area contributed by atoms with E-state index in [1.165, 1.54) is 0 Å². The van der Waals surface area contributed by atoms with E-state index >= 15 is 0 Å².